The molecule has 0 bridgehead atoms. The molecule has 1 fully saturated rings. The van der Waals surface area contributed by atoms with E-state index in [0.29, 0.717) is 6.10 Å². The van der Waals surface area contributed by atoms with E-state index in [2.05, 4.69) is 17.5 Å². The Hall–Kier alpha value is -0.340. The molecule has 1 saturated carbocycles. The van der Waals surface area contributed by atoms with Crippen molar-refractivity contribution < 1.29 is 4.74 Å². The van der Waals surface area contributed by atoms with Gasteiger partial charge in [0.25, 0.3) is 0 Å². The third-order valence-corrected chi connectivity index (χ3v) is 3.42. The largest absolute Gasteiger partial charge is 0.378 e. The van der Waals surface area contributed by atoms with Crippen molar-refractivity contribution in [3.05, 3.63) is 12.2 Å². The lowest BCUT2D eigenvalue weighted by atomic mass is 9.99. The van der Waals surface area contributed by atoms with E-state index in [1.165, 1.54) is 44.9 Å². The van der Waals surface area contributed by atoms with Crippen LogP contribution in [0.25, 0.3) is 0 Å². The van der Waals surface area contributed by atoms with Crippen LogP contribution in [-0.2, 0) is 4.74 Å². The summed E-state index contributed by atoms with van der Waals surface area (Å²) in [5.41, 5.74) is 0. The van der Waals surface area contributed by atoms with Crippen LogP contribution in [0.3, 0.4) is 0 Å². The third-order valence-electron chi connectivity index (χ3n) is 3.42. The molecule has 0 aromatic rings. The highest BCUT2D eigenvalue weighted by Crippen LogP contribution is 2.19. The first-order valence-corrected chi connectivity index (χ1v) is 7.34. The molecule has 0 spiro atoms. The minimum atomic E-state index is 0.543. The number of hydrogen-bond acceptors (Lipinski definition) is 2. The van der Waals surface area contributed by atoms with Gasteiger partial charge in [-0.05, 0) is 39.3 Å². The van der Waals surface area contributed by atoms with E-state index < -0.39 is 0 Å². The van der Waals surface area contributed by atoms with Crippen molar-refractivity contribution in [1.29, 1.82) is 0 Å². The van der Waals surface area contributed by atoms with Crippen LogP contribution >= 0.6 is 0 Å². The van der Waals surface area contributed by atoms with Crippen molar-refractivity contribution in [2.75, 3.05) is 20.2 Å². The highest BCUT2D eigenvalue weighted by molar-refractivity contribution is 4.82. The Morgan fingerprint density at radius 3 is 2.35 bits per heavy atom. The van der Waals surface area contributed by atoms with E-state index in [9.17, 15) is 0 Å². The summed E-state index contributed by atoms with van der Waals surface area (Å²) in [6, 6.07) is 0. The van der Waals surface area contributed by atoms with Crippen LogP contribution in [-0.4, -0.2) is 26.3 Å². The quantitative estimate of drug-likeness (QED) is 0.540. The van der Waals surface area contributed by atoms with Gasteiger partial charge >= 0.3 is 0 Å². The molecule has 100 valence electrons. The van der Waals surface area contributed by atoms with Gasteiger partial charge in [0.2, 0.25) is 0 Å². The van der Waals surface area contributed by atoms with Gasteiger partial charge < -0.3 is 10.1 Å². The minimum absolute atomic E-state index is 0.543. The van der Waals surface area contributed by atoms with E-state index in [0.717, 1.165) is 26.0 Å². The van der Waals surface area contributed by atoms with Crippen molar-refractivity contribution in [2.24, 2.45) is 0 Å². The third kappa shape index (κ3) is 8.39. The highest BCUT2D eigenvalue weighted by Gasteiger charge is 2.10. The second-order valence-corrected chi connectivity index (χ2v) is 4.99. The van der Waals surface area contributed by atoms with Crippen molar-refractivity contribution in [3.8, 4) is 0 Å². The molecule has 0 radical (unpaired) electrons. The van der Waals surface area contributed by atoms with Gasteiger partial charge in [-0.25, -0.2) is 0 Å². The lowest BCUT2D eigenvalue weighted by Gasteiger charge is -2.19. The maximum atomic E-state index is 5.96. The number of hydrogen-bond donors (Lipinski definition) is 1. The molecule has 0 aromatic carbocycles. The van der Waals surface area contributed by atoms with E-state index >= 15 is 0 Å². The fourth-order valence-corrected chi connectivity index (χ4v) is 2.35. The average Bonchev–Trinajstić information content (AvgIpc) is 2.30. The van der Waals surface area contributed by atoms with Crippen LogP contribution in [0.2, 0.25) is 0 Å². The lowest BCUT2D eigenvalue weighted by molar-refractivity contribution is 0.0384. The van der Waals surface area contributed by atoms with Gasteiger partial charge in [-0.1, -0.05) is 44.3 Å². The molecule has 0 atom stereocenters. The molecule has 0 heterocycles. The van der Waals surface area contributed by atoms with Crippen molar-refractivity contribution in [1.82, 2.24) is 5.32 Å². The number of nitrogens with one attached hydrogen (secondary N) is 1. The van der Waals surface area contributed by atoms with Crippen LogP contribution in [0.1, 0.15) is 57.8 Å². The first-order valence-electron chi connectivity index (χ1n) is 7.34. The SMILES string of the molecule is CNCC/C=C\CCOC1CCCCCCC1. The zero-order chi connectivity index (χ0) is 12.2. The summed E-state index contributed by atoms with van der Waals surface area (Å²) in [6.45, 7) is 1.97. The zero-order valence-electron chi connectivity index (χ0n) is 11.4. The van der Waals surface area contributed by atoms with E-state index in [1.54, 1.807) is 0 Å². The second kappa shape index (κ2) is 10.8. The van der Waals surface area contributed by atoms with Gasteiger partial charge in [0.15, 0.2) is 0 Å². The van der Waals surface area contributed by atoms with Crippen LogP contribution in [0.4, 0.5) is 0 Å². The lowest BCUT2D eigenvalue weighted by Crippen LogP contribution is -2.15. The number of ether oxygens (including phenoxy) is 1. The zero-order valence-corrected chi connectivity index (χ0v) is 11.4. The minimum Gasteiger partial charge on any atom is -0.378 e. The molecule has 1 aliphatic rings. The van der Waals surface area contributed by atoms with Gasteiger partial charge in [0.05, 0.1) is 12.7 Å². The van der Waals surface area contributed by atoms with Gasteiger partial charge in [-0.2, -0.15) is 0 Å². The molecule has 0 unspecified atom stereocenters. The summed E-state index contributed by atoms with van der Waals surface area (Å²) >= 11 is 0. The maximum absolute atomic E-state index is 5.96. The molecule has 2 heteroatoms. The van der Waals surface area contributed by atoms with Crippen molar-refractivity contribution in [3.63, 3.8) is 0 Å². The van der Waals surface area contributed by atoms with Crippen LogP contribution in [0, 0.1) is 0 Å². The first-order chi connectivity index (χ1) is 8.43. The molecule has 0 amide bonds. The molecule has 1 aliphatic carbocycles. The number of rotatable bonds is 7. The predicted octanol–water partition coefficient (Wildman–Crippen LogP) is 3.67. The van der Waals surface area contributed by atoms with Gasteiger partial charge in [-0.3, -0.25) is 0 Å². The standard InChI is InChI=1S/C15H29NO/c1-16-13-9-5-6-10-14-17-15-11-7-3-2-4-8-12-15/h5-6,15-16H,2-4,7-14H2,1H3/b6-5-. The van der Waals surface area contributed by atoms with Crippen molar-refractivity contribution in [2.45, 2.75) is 63.9 Å². The monoisotopic (exact) mass is 239 g/mol. The van der Waals surface area contributed by atoms with Gasteiger partial charge in [0, 0.05) is 0 Å². The molecule has 0 aliphatic heterocycles. The topological polar surface area (TPSA) is 21.3 Å². The molecule has 1 rings (SSSR count). The highest BCUT2D eigenvalue weighted by atomic mass is 16.5. The normalized spacial score (nSPS) is 19.4. The van der Waals surface area contributed by atoms with Gasteiger partial charge in [0.1, 0.15) is 0 Å². The maximum Gasteiger partial charge on any atom is 0.0575 e. The molecule has 2 nitrogen and oxygen atoms in total. The Morgan fingerprint density at radius 2 is 1.65 bits per heavy atom. The summed E-state index contributed by atoms with van der Waals surface area (Å²) in [6.07, 6.45) is 16.8. The molecular weight excluding hydrogens is 210 g/mol. The Labute approximate surface area is 107 Å². The fourth-order valence-electron chi connectivity index (χ4n) is 2.35. The van der Waals surface area contributed by atoms with Crippen LogP contribution in [0.15, 0.2) is 12.2 Å². The molecule has 0 saturated heterocycles. The fraction of sp³-hybridized carbons (Fsp3) is 0.867. The first kappa shape index (κ1) is 14.7. The van der Waals surface area contributed by atoms with E-state index in [1.807, 2.05) is 7.05 Å². The molecule has 0 aromatic heterocycles. The van der Waals surface area contributed by atoms with Crippen LogP contribution < -0.4 is 5.32 Å². The summed E-state index contributed by atoms with van der Waals surface area (Å²) in [5.74, 6) is 0. The molecular formula is C15H29NO. The summed E-state index contributed by atoms with van der Waals surface area (Å²) in [4.78, 5) is 0. The van der Waals surface area contributed by atoms with E-state index in [4.69, 9.17) is 4.74 Å². The summed E-state index contributed by atoms with van der Waals surface area (Å²) in [7, 11) is 1.99. The predicted molar refractivity (Wildman–Crippen MR) is 74.4 cm³/mol. The second-order valence-electron chi connectivity index (χ2n) is 4.99. The van der Waals surface area contributed by atoms with Crippen molar-refractivity contribution >= 4 is 0 Å². The molecule has 1 N–H and O–H groups in total. The smallest absolute Gasteiger partial charge is 0.0575 e. The Kier molecular flexibility index (Phi) is 9.34. The molecule has 17 heavy (non-hydrogen) atoms. The Morgan fingerprint density at radius 1 is 1.00 bits per heavy atom. The summed E-state index contributed by atoms with van der Waals surface area (Å²) in [5, 5.41) is 3.14. The average molecular weight is 239 g/mol. The Balaban J connectivity index is 1.98. The van der Waals surface area contributed by atoms with Crippen LogP contribution in [0.5, 0.6) is 0 Å². The van der Waals surface area contributed by atoms with Gasteiger partial charge in [-0.15, -0.1) is 0 Å². The summed E-state index contributed by atoms with van der Waals surface area (Å²) < 4.78 is 5.96. The van der Waals surface area contributed by atoms with E-state index in [-0.39, 0.29) is 0 Å². The Bertz CT molecular complexity index is 183.